The molecule has 2 rings (SSSR count). The van der Waals surface area contributed by atoms with E-state index in [4.69, 9.17) is 4.74 Å². The van der Waals surface area contributed by atoms with Gasteiger partial charge in [0, 0.05) is 6.04 Å². The molecule has 1 saturated heterocycles. The Hall–Kier alpha value is -1.13. The molecule has 1 heterocycles. The number of benzene rings is 1. The lowest BCUT2D eigenvalue weighted by molar-refractivity contribution is 0.119. The molecule has 4 heteroatoms. The van der Waals surface area contributed by atoms with E-state index in [1.807, 2.05) is 6.07 Å². The van der Waals surface area contributed by atoms with E-state index in [0.29, 0.717) is 11.7 Å². The quantitative estimate of drug-likeness (QED) is 0.815. The maximum atomic E-state index is 14.0. The van der Waals surface area contributed by atoms with Gasteiger partial charge < -0.3 is 10.1 Å². The number of nitrogens with one attached hydrogen (secondary N) is 1. The summed E-state index contributed by atoms with van der Waals surface area (Å²) in [7, 11) is 3.64. The number of rotatable bonds is 6. The van der Waals surface area contributed by atoms with Crippen LogP contribution in [0.5, 0.6) is 5.75 Å². The zero-order chi connectivity index (χ0) is 15.2. The van der Waals surface area contributed by atoms with Gasteiger partial charge in [-0.1, -0.05) is 13.0 Å². The van der Waals surface area contributed by atoms with Crippen LogP contribution < -0.4 is 10.1 Å². The van der Waals surface area contributed by atoms with Gasteiger partial charge in [-0.15, -0.1) is 0 Å². The Bertz CT molecular complexity index is 452. The maximum absolute atomic E-state index is 14.0. The lowest BCUT2D eigenvalue weighted by Crippen LogP contribution is -2.40. The van der Waals surface area contributed by atoms with Gasteiger partial charge in [0.25, 0.3) is 0 Å². The second kappa shape index (κ2) is 7.76. The van der Waals surface area contributed by atoms with Gasteiger partial charge in [-0.2, -0.15) is 0 Å². The summed E-state index contributed by atoms with van der Waals surface area (Å²) in [4.78, 5) is 2.35. The molecule has 3 nitrogen and oxygen atoms in total. The lowest BCUT2D eigenvalue weighted by Gasteiger charge is -2.40. The molecule has 1 aromatic carbocycles. The van der Waals surface area contributed by atoms with Crippen molar-refractivity contribution in [2.75, 3.05) is 33.8 Å². The van der Waals surface area contributed by atoms with Gasteiger partial charge >= 0.3 is 0 Å². The van der Waals surface area contributed by atoms with Crippen LogP contribution in [0.2, 0.25) is 0 Å². The van der Waals surface area contributed by atoms with E-state index in [0.717, 1.165) is 31.6 Å². The minimum atomic E-state index is -0.269. The van der Waals surface area contributed by atoms with Crippen molar-refractivity contribution in [1.82, 2.24) is 10.2 Å². The van der Waals surface area contributed by atoms with Gasteiger partial charge in [-0.3, -0.25) is 4.90 Å². The number of halogens is 1. The number of methoxy groups -OCH3 is 1. The third-order valence-electron chi connectivity index (χ3n) is 4.36. The Morgan fingerprint density at radius 3 is 2.90 bits per heavy atom. The molecule has 1 fully saturated rings. The number of hydrogen-bond donors (Lipinski definition) is 1. The van der Waals surface area contributed by atoms with Crippen molar-refractivity contribution in [3.63, 3.8) is 0 Å². The van der Waals surface area contributed by atoms with Gasteiger partial charge in [0.1, 0.15) is 0 Å². The fraction of sp³-hybridized carbons (Fsp3) is 0.647. The zero-order valence-corrected chi connectivity index (χ0v) is 13.4. The zero-order valence-electron chi connectivity index (χ0n) is 13.4. The molecule has 1 N–H and O–H groups in total. The van der Waals surface area contributed by atoms with Gasteiger partial charge in [-0.05, 0) is 69.6 Å². The molecule has 1 aliphatic rings. The molecule has 0 amide bonds. The topological polar surface area (TPSA) is 24.5 Å². The van der Waals surface area contributed by atoms with E-state index >= 15 is 0 Å². The molecule has 2 unspecified atom stereocenters. The third kappa shape index (κ3) is 3.95. The largest absolute Gasteiger partial charge is 0.494 e. The molecule has 0 spiro atoms. The summed E-state index contributed by atoms with van der Waals surface area (Å²) in [6, 6.07) is 5.66. The normalized spacial score (nSPS) is 23.2. The van der Waals surface area contributed by atoms with Crippen LogP contribution in [0.4, 0.5) is 4.39 Å². The van der Waals surface area contributed by atoms with Crippen molar-refractivity contribution in [2.45, 2.75) is 32.2 Å². The molecule has 1 aliphatic heterocycles. The number of ether oxygens (including phenoxy) is 1. The summed E-state index contributed by atoms with van der Waals surface area (Å²) in [5, 5.41) is 3.52. The molecule has 1 aromatic rings. The summed E-state index contributed by atoms with van der Waals surface area (Å²) in [5.74, 6) is 0.579. The maximum Gasteiger partial charge on any atom is 0.165 e. The highest BCUT2D eigenvalue weighted by Gasteiger charge is 2.30. The number of hydrogen-bond acceptors (Lipinski definition) is 3. The summed E-state index contributed by atoms with van der Waals surface area (Å²) in [5.41, 5.74) is 1.05. The van der Waals surface area contributed by atoms with E-state index in [1.54, 1.807) is 12.1 Å². The molecule has 0 radical (unpaired) electrons. The SMILES string of the molecule is CCCNCC1CCCN(C)C1c1ccc(OC)c(F)c1. The molecule has 2 atom stereocenters. The third-order valence-corrected chi connectivity index (χ3v) is 4.36. The summed E-state index contributed by atoms with van der Waals surface area (Å²) in [6.07, 6.45) is 3.55. The standard InChI is InChI=1S/C17H27FN2O/c1-4-9-19-12-14-6-5-10-20(2)17(14)13-7-8-16(21-3)15(18)11-13/h7-8,11,14,17,19H,4-6,9-10,12H2,1-3H3. The number of piperidine rings is 1. The van der Waals surface area contributed by atoms with Crippen LogP contribution in [0, 0.1) is 11.7 Å². The first-order valence-electron chi connectivity index (χ1n) is 7.91. The molecule has 0 aromatic heterocycles. The van der Waals surface area contributed by atoms with E-state index in [1.165, 1.54) is 20.0 Å². The second-order valence-corrected chi connectivity index (χ2v) is 5.93. The Kier molecular flexibility index (Phi) is 6.00. The predicted molar refractivity (Wildman–Crippen MR) is 84.2 cm³/mol. The van der Waals surface area contributed by atoms with Crippen LogP contribution in [0.3, 0.4) is 0 Å². The van der Waals surface area contributed by atoms with Gasteiger partial charge in [0.2, 0.25) is 0 Å². The summed E-state index contributed by atoms with van der Waals surface area (Å²) >= 11 is 0. The van der Waals surface area contributed by atoms with E-state index in [2.05, 4.69) is 24.2 Å². The Morgan fingerprint density at radius 1 is 1.43 bits per heavy atom. The Balaban J connectivity index is 2.16. The first-order valence-corrected chi connectivity index (χ1v) is 7.91. The van der Waals surface area contributed by atoms with Crippen molar-refractivity contribution >= 4 is 0 Å². The van der Waals surface area contributed by atoms with Crippen LogP contribution in [-0.2, 0) is 0 Å². The Labute approximate surface area is 127 Å². The van der Waals surface area contributed by atoms with Crippen LogP contribution in [-0.4, -0.2) is 38.7 Å². The van der Waals surface area contributed by atoms with Crippen LogP contribution >= 0.6 is 0 Å². The molecule has 0 aliphatic carbocycles. The van der Waals surface area contributed by atoms with Gasteiger partial charge in [0.05, 0.1) is 7.11 Å². The molecule has 21 heavy (non-hydrogen) atoms. The molecular weight excluding hydrogens is 267 g/mol. The highest BCUT2D eigenvalue weighted by Crippen LogP contribution is 2.36. The van der Waals surface area contributed by atoms with Crippen molar-refractivity contribution in [2.24, 2.45) is 5.92 Å². The van der Waals surface area contributed by atoms with Crippen molar-refractivity contribution in [3.8, 4) is 5.75 Å². The second-order valence-electron chi connectivity index (χ2n) is 5.93. The van der Waals surface area contributed by atoms with Crippen molar-refractivity contribution in [1.29, 1.82) is 0 Å². The lowest BCUT2D eigenvalue weighted by atomic mass is 9.84. The molecule has 0 bridgehead atoms. The first-order chi connectivity index (χ1) is 10.2. The van der Waals surface area contributed by atoms with Crippen LogP contribution in [0.1, 0.15) is 37.8 Å². The Morgan fingerprint density at radius 2 is 2.24 bits per heavy atom. The van der Waals surface area contributed by atoms with Crippen LogP contribution in [0.15, 0.2) is 18.2 Å². The number of likely N-dealkylation sites (tertiary alicyclic amines) is 1. The average Bonchev–Trinajstić information content (AvgIpc) is 2.47. The van der Waals surface area contributed by atoms with E-state index < -0.39 is 0 Å². The van der Waals surface area contributed by atoms with E-state index in [-0.39, 0.29) is 11.9 Å². The van der Waals surface area contributed by atoms with Crippen molar-refractivity contribution < 1.29 is 9.13 Å². The predicted octanol–water partition coefficient (Wildman–Crippen LogP) is 3.22. The minimum Gasteiger partial charge on any atom is -0.494 e. The van der Waals surface area contributed by atoms with Crippen molar-refractivity contribution in [3.05, 3.63) is 29.6 Å². The average molecular weight is 294 g/mol. The number of nitrogens with zero attached hydrogens (tertiary/aromatic N) is 1. The monoisotopic (exact) mass is 294 g/mol. The highest BCUT2D eigenvalue weighted by molar-refractivity contribution is 5.31. The fourth-order valence-corrected chi connectivity index (χ4v) is 3.33. The molecular formula is C17H27FN2O. The molecule has 118 valence electrons. The van der Waals surface area contributed by atoms with E-state index in [9.17, 15) is 4.39 Å². The minimum absolute atomic E-state index is 0.269. The summed E-state index contributed by atoms with van der Waals surface area (Å²) < 4.78 is 19.0. The van der Waals surface area contributed by atoms with Gasteiger partial charge in [-0.25, -0.2) is 4.39 Å². The fourth-order valence-electron chi connectivity index (χ4n) is 3.33. The van der Waals surface area contributed by atoms with Crippen LogP contribution in [0.25, 0.3) is 0 Å². The summed E-state index contributed by atoms with van der Waals surface area (Å²) in [6.45, 7) is 5.29. The first kappa shape index (κ1) is 16.2. The highest BCUT2D eigenvalue weighted by atomic mass is 19.1. The molecule has 0 saturated carbocycles. The smallest absolute Gasteiger partial charge is 0.165 e. The van der Waals surface area contributed by atoms with Gasteiger partial charge in [0.15, 0.2) is 11.6 Å².